The van der Waals surface area contributed by atoms with E-state index < -0.39 is 46.2 Å². The first-order valence-electron chi connectivity index (χ1n) is 7.06. The molecule has 0 amide bonds. The molecule has 0 atom stereocenters. The van der Waals surface area contributed by atoms with Gasteiger partial charge in [0.2, 0.25) is 5.60 Å². The van der Waals surface area contributed by atoms with Crippen LogP contribution in [0.15, 0.2) is 48.5 Å². The average Bonchev–Trinajstić information content (AvgIpc) is 2.61. The number of alkyl halides is 7. The predicted octanol–water partition coefficient (Wildman–Crippen LogP) is 5.06. The molecular formula is C17H13BrF6O3. The van der Waals surface area contributed by atoms with Crippen LogP contribution in [0.25, 0.3) is 0 Å². The summed E-state index contributed by atoms with van der Waals surface area (Å²) in [6.07, 6.45) is -9.63. The number of hydrogen-bond acceptors (Lipinski definition) is 2. The summed E-state index contributed by atoms with van der Waals surface area (Å²) in [7, 11) is 0. The Balaban J connectivity index is 0.00000176. The third-order valence-corrected chi connectivity index (χ3v) is 3.52. The molecule has 0 saturated carbocycles. The monoisotopic (exact) mass is 458 g/mol. The van der Waals surface area contributed by atoms with E-state index >= 15 is 0 Å². The first kappa shape index (κ1) is 23.0. The first-order chi connectivity index (χ1) is 12.4. The van der Waals surface area contributed by atoms with Crippen molar-refractivity contribution in [3.63, 3.8) is 0 Å². The molecule has 2 aromatic rings. The topological polar surface area (TPSA) is 57.5 Å². The zero-order valence-corrected chi connectivity index (χ0v) is 15.2. The molecule has 27 heavy (non-hydrogen) atoms. The van der Waals surface area contributed by atoms with Gasteiger partial charge in [-0.3, -0.25) is 0 Å². The molecule has 0 aliphatic heterocycles. The number of carboxylic acids is 1. The highest BCUT2D eigenvalue weighted by atomic mass is 79.9. The standard InChI is InChI=1S/C16H10F6O3.CH3Br/c17-15(18,19)11-5-1-3-9(7-11)14(25,13(23)24)10-4-2-6-12(8-10)16(20,21)22;1-2/h1-8,25H,(H,23,24);1H3. The highest BCUT2D eigenvalue weighted by Gasteiger charge is 2.43. The van der Waals surface area contributed by atoms with Crippen LogP contribution in [0.4, 0.5) is 26.3 Å². The van der Waals surface area contributed by atoms with Gasteiger partial charge in [-0.05, 0) is 30.1 Å². The van der Waals surface area contributed by atoms with Gasteiger partial charge in [-0.2, -0.15) is 26.3 Å². The van der Waals surface area contributed by atoms with E-state index in [1.54, 1.807) is 0 Å². The fourth-order valence-corrected chi connectivity index (χ4v) is 2.25. The maximum Gasteiger partial charge on any atom is 0.416 e. The lowest BCUT2D eigenvalue weighted by Crippen LogP contribution is -2.37. The van der Waals surface area contributed by atoms with Gasteiger partial charge < -0.3 is 10.2 Å². The van der Waals surface area contributed by atoms with Crippen LogP contribution in [0.5, 0.6) is 0 Å². The zero-order chi connectivity index (χ0) is 21.0. The Bertz CT molecular complexity index is 744. The molecule has 0 saturated heterocycles. The molecule has 2 N–H and O–H groups in total. The number of rotatable bonds is 3. The highest BCUT2D eigenvalue weighted by Crippen LogP contribution is 2.37. The number of carboxylic acid groups (broad SMARTS) is 1. The van der Waals surface area contributed by atoms with Crippen molar-refractivity contribution in [1.82, 2.24) is 0 Å². The summed E-state index contributed by atoms with van der Waals surface area (Å²) in [6, 6.07) is 5.57. The van der Waals surface area contributed by atoms with Crippen molar-refractivity contribution in [2.75, 3.05) is 5.83 Å². The molecule has 2 rings (SSSR count). The normalized spacial score (nSPS) is 12.2. The molecule has 148 valence electrons. The van der Waals surface area contributed by atoms with Crippen molar-refractivity contribution >= 4 is 21.9 Å². The molecule has 0 aliphatic rings. The zero-order valence-electron chi connectivity index (χ0n) is 13.6. The lowest BCUT2D eigenvalue weighted by molar-refractivity contribution is -0.155. The van der Waals surface area contributed by atoms with Gasteiger partial charge in [0.15, 0.2) is 0 Å². The molecular weight excluding hydrogens is 446 g/mol. The predicted molar refractivity (Wildman–Crippen MR) is 88.4 cm³/mol. The van der Waals surface area contributed by atoms with E-state index in [1.807, 2.05) is 5.83 Å². The van der Waals surface area contributed by atoms with Crippen LogP contribution in [-0.4, -0.2) is 22.0 Å². The van der Waals surface area contributed by atoms with Crippen molar-refractivity contribution in [2.45, 2.75) is 18.0 Å². The Morgan fingerprint density at radius 2 is 1.07 bits per heavy atom. The molecule has 0 aliphatic carbocycles. The van der Waals surface area contributed by atoms with Crippen LogP contribution in [-0.2, 0) is 22.7 Å². The summed E-state index contributed by atoms with van der Waals surface area (Å²) in [5.74, 6) is -0.196. The average molecular weight is 459 g/mol. The van der Waals surface area contributed by atoms with Crippen LogP contribution in [0.2, 0.25) is 0 Å². The van der Waals surface area contributed by atoms with Gasteiger partial charge >= 0.3 is 18.3 Å². The van der Waals surface area contributed by atoms with Crippen molar-refractivity contribution in [3.8, 4) is 0 Å². The Morgan fingerprint density at radius 1 is 0.778 bits per heavy atom. The number of halogens is 7. The fraction of sp³-hybridized carbons (Fsp3) is 0.235. The lowest BCUT2D eigenvalue weighted by atomic mass is 9.85. The van der Waals surface area contributed by atoms with Gasteiger partial charge in [0.25, 0.3) is 0 Å². The van der Waals surface area contributed by atoms with E-state index in [4.69, 9.17) is 0 Å². The summed E-state index contributed by atoms with van der Waals surface area (Å²) >= 11 is 2.94. The Hall–Kier alpha value is -2.07. The van der Waals surface area contributed by atoms with E-state index in [0.29, 0.717) is 24.3 Å². The lowest BCUT2D eigenvalue weighted by Gasteiger charge is -2.26. The van der Waals surface area contributed by atoms with Gasteiger partial charge in [0, 0.05) is 11.1 Å². The van der Waals surface area contributed by atoms with Gasteiger partial charge in [-0.1, -0.05) is 40.2 Å². The third-order valence-electron chi connectivity index (χ3n) is 3.52. The van der Waals surface area contributed by atoms with Crippen LogP contribution in [0.1, 0.15) is 22.3 Å². The van der Waals surface area contributed by atoms with Crippen molar-refractivity contribution in [3.05, 3.63) is 70.8 Å². The van der Waals surface area contributed by atoms with Crippen LogP contribution in [0.3, 0.4) is 0 Å². The molecule has 3 nitrogen and oxygen atoms in total. The molecule has 0 radical (unpaired) electrons. The Labute approximate surface area is 158 Å². The summed E-state index contributed by atoms with van der Waals surface area (Å²) < 4.78 is 76.8. The molecule has 0 bridgehead atoms. The number of carbonyl (C=O) groups is 1. The smallest absolute Gasteiger partial charge is 0.416 e. The van der Waals surface area contributed by atoms with E-state index in [2.05, 4.69) is 15.9 Å². The van der Waals surface area contributed by atoms with E-state index in [-0.39, 0.29) is 0 Å². The minimum Gasteiger partial charge on any atom is -0.479 e. The SMILES string of the molecule is CBr.O=C(O)C(O)(c1cccc(C(F)(F)F)c1)c1cccc(C(F)(F)F)c1. The summed E-state index contributed by atoms with van der Waals surface area (Å²) in [5, 5.41) is 19.8. The third kappa shape index (κ3) is 5.01. The molecule has 0 heterocycles. The first-order valence-corrected chi connectivity index (χ1v) is 8.64. The number of aliphatic carboxylic acids is 1. The largest absolute Gasteiger partial charge is 0.479 e. The Morgan fingerprint density at radius 3 is 1.33 bits per heavy atom. The van der Waals surface area contributed by atoms with E-state index in [9.17, 15) is 41.4 Å². The van der Waals surface area contributed by atoms with Gasteiger partial charge in [-0.15, -0.1) is 0 Å². The molecule has 0 fully saturated rings. The molecule has 0 aromatic heterocycles. The maximum atomic E-state index is 12.8. The highest BCUT2D eigenvalue weighted by molar-refractivity contribution is 9.08. The second-order valence-electron chi connectivity index (χ2n) is 5.17. The van der Waals surface area contributed by atoms with Crippen molar-refractivity contribution < 1.29 is 41.4 Å². The summed E-state index contributed by atoms with van der Waals surface area (Å²) in [6.45, 7) is 0. The molecule has 0 unspecified atom stereocenters. The van der Waals surface area contributed by atoms with Crippen molar-refractivity contribution in [2.24, 2.45) is 0 Å². The Kier molecular flexibility index (Phi) is 7.06. The number of hydrogen-bond donors (Lipinski definition) is 2. The van der Waals surface area contributed by atoms with Crippen LogP contribution >= 0.6 is 15.9 Å². The maximum absolute atomic E-state index is 12.8. The minimum atomic E-state index is -4.82. The fourth-order valence-electron chi connectivity index (χ4n) is 2.25. The van der Waals surface area contributed by atoms with Gasteiger partial charge in [0.1, 0.15) is 0 Å². The second-order valence-corrected chi connectivity index (χ2v) is 5.17. The van der Waals surface area contributed by atoms with E-state index in [1.165, 1.54) is 0 Å². The van der Waals surface area contributed by atoms with Crippen LogP contribution < -0.4 is 0 Å². The van der Waals surface area contributed by atoms with Gasteiger partial charge in [-0.25, -0.2) is 4.79 Å². The second kappa shape index (κ2) is 8.30. The number of aliphatic hydroxyl groups is 1. The minimum absolute atomic E-state index is 0.383. The summed E-state index contributed by atoms with van der Waals surface area (Å²) in [5.41, 5.74) is -6.99. The van der Waals surface area contributed by atoms with Gasteiger partial charge in [0.05, 0.1) is 11.1 Å². The molecule has 10 heteroatoms. The molecule has 2 aromatic carbocycles. The van der Waals surface area contributed by atoms with E-state index in [0.717, 1.165) is 24.3 Å². The number of benzene rings is 2. The quantitative estimate of drug-likeness (QED) is 0.499. The summed E-state index contributed by atoms with van der Waals surface area (Å²) in [4.78, 5) is 11.5. The van der Waals surface area contributed by atoms with Crippen LogP contribution in [0, 0.1) is 0 Å². The van der Waals surface area contributed by atoms with Crippen molar-refractivity contribution in [1.29, 1.82) is 0 Å². The molecule has 0 spiro atoms.